The number of rotatable bonds is 5. The van der Waals surface area contributed by atoms with Gasteiger partial charge in [-0.1, -0.05) is 6.07 Å². The van der Waals surface area contributed by atoms with E-state index in [1.165, 1.54) is 5.69 Å². The number of imidazole rings is 1. The second kappa shape index (κ2) is 6.58. The number of hydrogen-bond donors (Lipinski definition) is 0. The van der Waals surface area contributed by atoms with Crippen molar-refractivity contribution in [3.8, 4) is 0 Å². The average Bonchev–Trinajstić information content (AvgIpc) is 2.93. The van der Waals surface area contributed by atoms with Crippen molar-refractivity contribution in [2.24, 2.45) is 0 Å². The molecule has 0 aromatic carbocycles. The van der Waals surface area contributed by atoms with E-state index in [1.807, 2.05) is 12.5 Å². The molecule has 22 heavy (non-hydrogen) atoms. The van der Waals surface area contributed by atoms with Crippen molar-refractivity contribution in [1.29, 1.82) is 0 Å². The fraction of sp³-hybridized carbons (Fsp3) is 0.529. The van der Waals surface area contributed by atoms with Gasteiger partial charge >= 0.3 is 0 Å². The van der Waals surface area contributed by atoms with Crippen LogP contribution in [0.15, 0.2) is 30.7 Å². The van der Waals surface area contributed by atoms with E-state index in [4.69, 9.17) is 0 Å². The number of aromatic nitrogens is 3. The van der Waals surface area contributed by atoms with Crippen LogP contribution in [-0.2, 0) is 13.1 Å². The Labute approximate surface area is 132 Å². The van der Waals surface area contributed by atoms with Crippen molar-refractivity contribution in [3.63, 3.8) is 0 Å². The zero-order valence-electron chi connectivity index (χ0n) is 13.7. The van der Waals surface area contributed by atoms with E-state index in [-0.39, 0.29) is 0 Å². The van der Waals surface area contributed by atoms with Crippen LogP contribution in [-0.4, -0.2) is 51.5 Å². The Balaban J connectivity index is 1.72. The summed E-state index contributed by atoms with van der Waals surface area (Å²) in [6, 6.07) is 6.76. The van der Waals surface area contributed by atoms with E-state index in [0.29, 0.717) is 6.04 Å². The van der Waals surface area contributed by atoms with Gasteiger partial charge in [0.1, 0.15) is 0 Å². The number of nitrogens with zero attached hydrogens (tertiary/aromatic N) is 5. The predicted octanol–water partition coefficient (Wildman–Crippen LogP) is 2.10. The SMILES string of the molecule is Cc1cccc(CN2Cc3cncn3[C@@H](CCN(C)C)C2)n1. The minimum atomic E-state index is 0.499. The highest BCUT2D eigenvalue weighted by molar-refractivity contribution is 5.11. The quantitative estimate of drug-likeness (QED) is 0.847. The van der Waals surface area contributed by atoms with Crippen molar-refractivity contribution in [2.45, 2.75) is 32.5 Å². The molecular formula is C17H25N5. The average molecular weight is 299 g/mol. The van der Waals surface area contributed by atoms with Gasteiger partial charge in [0.25, 0.3) is 0 Å². The van der Waals surface area contributed by atoms with Crippen LogP contribution in [0.3, 0.4) is 0 Å². The molecule has 3 heterocycles. The summed E-state index contributed by atoms with van der Waals surface area (Å²) in [5.41, 5.74) is 3.55. The maximum atomic E-state index is 4.64. The first-order valence-corrected chi connectivity index (χ1v) is 7.92. The summed E-state index contributed by atoms with van der Waals surface area (Å²) in [5.74, 6) is 0. The van der Waals surface area contributed by atoms with E-state index in [0.717, 1.165) is 44.0 Å². The van der Waals surface area contributed by atoms with Crippen LogP contribution in [0, 0.1) is 6.92 Å². The molecule has 0 N–H and O–H groups in total. The van der Waals surface area contributed by atoms with Crippen LogP contribution in [0.2, 0.25) is 0 Å². The Morgan fingerprint density at radius 2 is 2.18 bits per heavy atom. The standard InChI is InChI=1S/C17H25N5/c1-14-5-4-6-15(19-14)10-21-11-16(7-8-20(2)3)22-13-18-9-17(22)12-21/h4-6,9,13,16H,7-8,10-12H2,1-3H3/t16-/m0/s1. The van der Waals surface area contributed by atoms with Gasteiger partial charge in [-0.3, -0.25) is 9.88 Å². The second-order valence-electron chi connectivity index (χ2n) is 6.48. The van der Waals surface area contributed by atoms with Crippen LogP contribution in [0.4, 0.5) is 0 Å². The molecule has 5 heteroatoms. The molecule has 2 aromatic rings. The third-order valence-electron chi connectivity index (χ3n) is 4.24. The fourth-order valence-electron chi connectivity index (χ4n) is 3.14. The monoisotopic (exact) mass is 299 g/mol. The molecule has 0 bridgehead atoms. The molecule has 0 saturated heterocycles. The molecule has 0 unspecified atom stereocenters. The van der Waals surface area contributed by atoms with Gasteiger partial charge in [0.2, 0.25) is 0 Å². The molecule has 2 aromatic heterocycles. The number of hydrogen-bond acceptors (Lipinski definition) is 4. The van der Waals surface area contributed by atoms with Crippen molar-refractivity contribution in [1.82, 2.24) is 24.3 Å². The second-order valence-corrected chi connectivity index (χ2v) is 6.48. The molecule has 1 atom stereocenters. The maximum absolute atomic E-state index is 4.64. The lowest BCUT2D eigenvalue weighted by molar-refractivity contribution is 0.163. The van der Waals surface area contributed by atoms with Crippen LogP contribution in [0.5, 0.6) is 0 Å². The Hall–Kier alpha value is -1.72. The zero-order valence-corrected chi connectivity index (χ0v) is 13.7. The highest BCUT2D eigenvalue weighted by atomic mass is 15.2. The largest absolute Gasteiger partial charge is 0.329 e. The lowest BCUT2D eigenvalue weighted by Crippen LogP contribution is -2.37. The summed E-state index contributed by atoms with van der Waals surface area (Å²) in [5, 5.41) is 0. The minimum absolute atomic E-state index is 0.499. The number of fused-ring (bicyclic) bond motifs is 1. The van der Waals surface area contributed by atoms with Crippen LogP contribution in [0.1, 0.15) is 29.5 Å². The van der Waals surface area contributed by atoms with E-state index in [2.05, 4.69) is 63.6 Å². The molecule has 0 fully saturated rings. The van der Waals surface area contributed by atoms with E-state index < -0.39 is 0 Å². The van der Waals surface area contributed by atoms with Gasteiger partial charge in [0.15, 0.2) is 0 Å². The summed E-state index contributed by atoms with van der Waals surface area (Å²) < 4.78 is 2.35. The maximum Gasteiger partial charge on any atom is 0.0951 e. The minimum Gasteiger partial charge on any atom is -0.329 e. The lowest BCUT2D eigenvalue weighted by Gasteiger charge is -2.34. The van der Waals surface area contributed by atoms with Gasteiger partial charge in [-0.25, -0.2) is 4.98 Å². The molecule has 5 nitrogen and oxygen atoms in total. The molecule has 3 rings (SSSR count). The van der Waals surface area contributed by atoms with Gasteiger partial charge in [-0.15, -0.1) is 0 Å². The van der Waals surface area contributed by atoms with Gasteiger partial charge in [-0.2, -0.15) is 0 Å². The molecule has 1 aliphatic heterocycles. The summed E-state index contributed by atoms with van der Waals surface area (Å²) in [7, 11) is 4.26. The number of pyridine rings is 1. The smallest absolute Gasteiger partial charge is 0.0951 e. The lowest BCUT2D eigenvalue weighted by atomic mass is 10.1. The number of aryl methyl sites for hydroxylation is 1. The Kier molecular flexibility index (Phi) is 4.55. The van der Waals surface area contributed by atoms with Crippen LogP contribution >= 0.6 is 0 Å². The molecule has 0 amide bonds. The normalized spacial score (nSPS) is 18.6. The van der Waals surface area contributed by atoms with Gasteiger partial charge in [-0.05, 0) is 46.1 Å². The van der Waals surface area contributed by atoms with Crippen molar-refractivity contribution in [3.05, 3.63) is 47.8 Å². The molecule has 118 valence electrons. The predicted molar refractivity (Wildman–Crippen MR) is 87.5 cm³/mol. The van der Waals surface area contributed by atoms with Gasteiger partial charge in [0, 0.05) is 37.6 Å². The molecular weight excluding hydrogens is 274 g/mol. The van der Waals surface area contributed by atoms with E-state index >= 15 is 0 Å². The summed E-state index contributed by atoms with van der Waals surface area (Å²) >= 11 is 0. The summed E-state index contributed by atoms with van der Waals surface area (Å²) in [6.07, 6.45) is 5.13. The Morgan fingerprint density at radius 3 is 2.95 bits per heavy atom. The topological polar surface area (TPSA) is 37.2 Å². The molecule has 1 aliphatic rings. The highest BCUT2D eigenvalue weighted by Crippen LogP contribution is 2.24. The Morgan fingerprint density at radius 1 is 1.32 bits per heavy atom. The van der Waals surface area contributed by atoms with Gasteiger partial charge in [0.05, 0.1) is 17.7 Å². The van der Waals surface area contributed by atoms with Crippen molar-refractivity contribution in [2.75, 3.05) is 27.2 Å². The van der Waals surface area contributed by atoms with Crippen LogP contribution in [0.25, 0.3) is 0 Å². The van der Waals surface area contributed by atoms with Crippen molar-refractivity contribution >= 4 is 0 Å². The first-order chi connectivity index (χ1) is 10.6. The molecule has 0 spiro atoms. The van der Waals surface area contributed by atoms with Crippen molar-refractivity contribution < 1.29 is 0 Å². The summed E-state index contributed by atoms with van der Waals surface area (Å²) in [4.78, 5) is 13.7. The third-order valence-corrected chi connectivity index (χ3v) is 4.24. The Bertz CT molecular complexity index is 619. The zero-order chi connectivity index (χ0) is 15.5. The van der Waals surface area contributed by atoms with E-state index in [9.17, 15) is 0 Å². The summed E-state index contributed by atoms with van der Waals surface area (Å²) in [6.45, 7) is 6.07. The fourth-order valence-corrected chi connectivity index (χ4v) is 3.14. The first-order valence-electron chi connectivity index (χ1n) is 7.92. The highest BCUT2D eigenvalue weighted by Gasteiger charge is 2.25. The van der Waals surface area contributed by atoms with Gasteiger partial charge < -0.3 is 9.47 Å². The van der Waals surface area contributed by atoms with E-state index in [1.54, 1.807) is 0 Å². The third kappa shape index (κ3) is 3.54. The molecule has 0 saturated carbocycles. The van der Waals surface area contributed by atoms with Crippen LogP contribution < -0.4 is 0 Å². The molecule has 0 radical (unpaired) electrons. The first kappa shape index (κ1) is 15.2. The molecule has 0 aliphatic carbocycles.